The molecule has 0 fully saturated rings. The highest BCUT2D eigenvalue weighted by Gasteiger charge is 2.05. The molecule has 0 saturated carbocycles. The molecular weight excluding hydrogens is 244 g/mol. The Balaban J connectivity index is 2.32. The molecule has 0 bridgehead atoms. The zero-order valence-corrected chi connectivity index (χ0v) is 11.9. The summed E-state index contributed by atoms with van der Waals surface area (Å²) in [5.74, 6) is 0.655. The van der Waals surface area contributed by atoms with Gasteiger partial charge >= 0.3 is 0 Å². The molecule has 0 aliphatic carbocycles. The second-order valence-electron chi connectivity index (χ2n) is 5.11. The number of aromatic nitrogens is 1. The van der Waals surface area contributed by atoms with E-state index in [9.17, 15) is 0 Å². The number of benzene rings is 1. The Bertz CT molecular complexity index is 549. The van der Waals surface area contributed by atoms with Gasteiger partial charge in [0, 0.05) is 22.6 Å². The lowest BCUT2D eigenvalue weighted by Gasteiger charge is -2.11. The normalized spacial score (nSPS) is 11.4. The van der Waals surface area contributed by atoms with Crippen LogP contribution < -0.4 is 5.32 Å². The van der Waals surface area contributed by atoms with Crippen LogP contribution in [0.4, 0.5) is 0 Å². The van der Waals surface area contributed by atoms with Gasteiger partial charge in [-0.15, -0.1) is 0 Å². The third-order valence-corrected chi connectivity index (χ3v) is 3.09. The van der Waals surface area contributed by atoms with Crippen molar-refractivity contribution in [3.05, 3.63) is 40.5 Å². The summed E-state index contributed by atoms with van der Waals surface area (Å²) in [5.41, 5.74) is 3.33. The molecule has 1 N–H and O–H groups in total. The summed E-state index contributed by atoms with van der Waals surface area (Å²) in [7, 11) is 0. The highest BCUT2D eigenvalue weighted by molar-refractivity contribution is 6.31. The predicted octanol–water partition coefficient (Wildman–Crippen LogP) is 3.94. The van der Waals surface area contributed by atoms with E-state index < -0.39 is 0 Å². The van der Waals surface area contributed by atoms with E-state index in [-0.39, 0.29) is 0 Å². The van der Waals surface area contributed by atoms with Crippen molar-refractivity contribution in [2.75, 3.05) is 6.54 Å². The number of pyridine rings is 1. The van der Waals surface area contributed by atoms with E-state index in [0.717, 1.165) is 34.7 Å². The van der Waals surface area contributed by atoms with Crippen LogP contribution >= 0.6 is 11.6 Å². The molecule has 18 heavy (non-hydrogen) atoms. The first kappa shape index (κ1) is 13.3. The monoisotopic (exact) mass is 262 g/mol. The van der Waals surface area contributed by atoms with Crippen LogP contribution in [0.2, 0.25) is 5.02 Å². The molecule has 1 aromatic heterocycles. The van der Waals surface area contributed by atoms with E-state index in [0.29, 0.717) is 5.92 Å². The van der Waals surface area contributed by atoms with E-state index in [1.807, 2.05) is 25.1 Å². The van der Waals surface area contributed by atoms with E-state index in [1.165, 1.54) is 5.56 Å². The van der Waals surface area contributed by atoms with Crippen molar-refractivity contribution < 1.29 is 0 Å². The third kappa shape index (κ3) is 3.21. The van der Waals surface area contributed by atoms with Crippen molar-refractivity contribution in [2.24, 2.45) is 5.92 Å². The number of nitrogens with one attached hydrogen (secondary N) is 1. The number of hydrogen-bond acceptors (Lipinski definition) is 2. The molecule has 1 aromatic carbocycles. The van der Waals surface area contributed by atoms with Crippen LogP contribution in [-0.4, -0.2) is 11.5 Å². The summed E-state index contributed by atoms with van der Waals surface area (Å²) in [6.07, 6.45) is 0. The topological polar surface area (TPSA) is 24.9 Å². The molecule has 3 heteroatoms. The van der Waals surface area contributed by atoms with Gasteiger partial charge in [-0.3, -0.25) is 4.98 Å². The molecule has 0 saturated heterocycles. The van der Waals surface area contributed by atoms with Gasteiger partial charge in [0.15, 0.2) is 0 Å². The van der Waals surface area contributed by atoms with Gasteiger partial charge in [0.1, 0.15) is 0 Å². The molecule has 0 aliphatic heterocycles. The average molecular weight is 263 g/mol. The molecule has 2 aromatic rings. The fraction of sp³-hybridized carbons (Fsp3) is 0.400. The summed E-state index contributed by atoms with van der Waals surface area (Å²) in [4.78, 5) is 4.53. The number of halogens is 1. The van der Waals surface area contributed by atoms with Crippen molar-refractivity contribution >= 4 is 22.5 Å². The van der Waals surface area contributed by atoms with Gasteiger partial charge in [0.05, 0.1) is 5.52 Å². The molecule has 0 atom stereocenters. The first-order chi connectivity index (χ1) is 8.56. The second kappa shape index (κ2) is 5.68. The Hall–Kier alpha value is -1.12. The summed E-state index contributed by atoms with van der Waals surface area (Å²) in [5, 5.41) is 5.37. The lowest BCUT2D eigenvalue weighted by molar-refractivity contribution is 0.553. The number of hydrogen-bond donors (Lipinski definition) is 1. The van der Waals surface area contributed by atoms with Gasteiger partial charge in [-0.2, -0.15) is 0 Å². The standard InChI is InChI=1S/C15H19ClN2/c1-10(2)8-17-9-12-6-11(3)18-15-5-4-13(16)7-14(12)15/h4-7,10,17H,8-9H2,1-3H3. The van der Waals surface area contributed by atoms with E-state index in [1.54, 1.807) is 0 Å². The Kier molecular flexibility index (Phi) is 4.20. The van der Waals surface area contributed by atoms with Crippen LogP contribution in [0.5, 0.6) is 0 Å². The Labute approximate surface area is 113 Å². The van der Waals surface area contributed by atoms with Gasteiger partial charge in [0.25, 0.3) is 0 Å². The van der Waals surface area contributed by atoms with Crippen molar-refractivity contribution in [1.82, 2.24) is 10.3 Å². The van der Waals surface area contributed by atoms with Gasteiger partial charge in [-0.05, 0) is 49.2 Å². The molecule has 1 heterocycles. The lowest BCUT2D eigenvalue weighted by atomic mass is 10.1. The Morgan fingerprint density at radius 1 is 1.28 bits per heavy atom. The molecule has 2 rings (SSSR count). The van der Waals surface area contributed by atoms with Crippen molar-refractivity contribution in [3.8, 4) is 0 Å². The van der Waals surface area contributed by atoms with Crippen LogP contribution in [0.15, 0.2) is 24.3 Å². The molecule has 0 spiro atoms. The number of fused-ring (bicyclic) bond motifs is 1. The van der Waals surface area contributed by atoms with Crippen LogP contribution in [0, 0.1) is 12.8 Å². The molecule has 96 valence electrons. The summed E-state index contributed by atoms with van der Waals surface area (Å²) < 4.78 is 0. The van der Waals surface area contributed by atoms with Crippen molar-refractivity contribution in [3.63, 3.8) is 0 Å². The van der Waals surface area contributed by atoms with Crippen LogP contribution in [-0.2, 0) is 6.54 Å². The average Bonchev–Trinajstić information content (AvgIpc) is 2.29. The zero-order chi connectivity index (χ0) is 13.1. The largest absolute Gasteiger partial charge is 0.312 e. The molecule has 0 amide bonds. The van der Waals surface area contributed by atoms with Crippen LogP contribution in [0.25, 0.3) is 10.9 Å². The molecule has 0 aliphatic rings. The molecular formula is C15H19ClN2. The maximum Gasteiger partial charge on any atom is 0.0709 e. The Morgan fingerprint density at radius 2 is 2.06 bits per heavy atom. The minimum Gasteiger partial charge on any atom is -0.312 e. The Morgan fingerprint density at radius 3 is 2.78 bits per heavy atom. The summed E-state index contributed by atoms with van der Waals surface area (Å²) in [6, 6.07) is 8.00. The molecule has 0 radical (unpaired) electrons. The second-order valence-corrected chi connectivity index (χ2v) is 5.55. The van der Waals surface area contributed by atoms with Gasteiger partial charge in [0.2, 0.25) is 0 Å². The fourth-order valence-electron chi connectivity index (χ4n) is 2.06. The summed E-state index contributed by atoms with van der Waals surface area (Å²) >= 11 is 6.07. The highest BCUT2D eigenvalue weighted by Crippen LogP contribution is 2.22. The fourth-order valence-corrected chi connectivity index (χ4v) is 2.23. The number of rotatable bonds is 4. The SMILES string of the molecule is Cc1cc(CNCC(C)C)c2cc(Cl)ccc2n1. The van der Waals surface area contributed by atoms with Crippen molar-refractivity contribution in [2.45, 2.75) is 27.3 Å². The highest BCUT2D eigenvalue weighted by atomic mass is 35.5. The van der Waals surface area contributed by atoms with E-state index in [2.05, 4.69) is 30.2 Å². The van der Waals surface area contributed by atoms with Crippen LogP contribution in [0.3, 0.4) is 0 Å². The predicted molar refractivity (Wildman–Crippen MR) is 78.0 cm³/mol. The minimum atomic E-state index is 0.655. The first-order valence-electron chi connectivity index (χ1n) is 6.33. The minimum absolute atomic E-state index is 0.655. The van der Waals surface area contributed by atoms with Crippen molar-refractivity contribution in [1.29, 1.82) is 0 Å². The van der Waals surface area contributed by atoms with E-state index >= 15 is 0 Å². The smallest absolute Gasteiger partial charge is 0.0709 e. The maximum atomic E-state index is 6.07. The third-order valence-electron chi connectivity index (χ3n) is 2.85. The van der Waals surface area contributed by atoms with Crippen LogP contribution in [0.1, 0.15) is 25.1 Å². The summed E-state index contributed by atoms with van der Waals surface area (Å²) in [6.45, 7) is 8.32. The molecule has 0 unspecified atom stereocenters. The first-order valence-corrected chi connectivity index (χ1v) is 6.70. The molecule has 2 nitrogen and oxygen atoms in total. The number of nitrogens with zero attached hydrogens (tertiary/aromatic N) is 1. The van der Waals surface area contributed by atoms with Gasteiger partial charge < -0.3 is 5.32 Å². The lowest BCUT2D eigenvalue weighted by Crippen LogP contribution is -2.19. The maximum absolute atomic E-state index is 6.07. The van der Waals surface area contributed by atoms with E-state index in [4.69, 9.17) is 11.6 Å². The van der Waals surface area contributed by atoms with Gasteiger partial charge in [-0.1, -0.05) is 25.4 Å². The van der Waals surface area contributed by atoms with Gasteiger partial charge in [-0.25, -0.2) is 0 Å². The zero-order valence-electron chi connectivity index (χ0n) is 11.1. The quantitative estimate of drug-likeness (QED) is 0.903. The number of aryl methyl sites for hydroxylation is 1.